The Morgan fingerprint density at radius 1 is 1.24 bits per heavy atom. The first-order valence-electron chi connectivity index (χ1n) is 8.83. The van der Waals surface area contributed by atoms with Crippen LogP contribution in [-0.2, 0) is 16.1 Å². The molecule has 0 spiro atoms. The number of imidazole rings is 1. The van der Waals surface area contributed by atoms with Crippen molar-refractivity contribution in [1.82, 2.24) is 19.4 Å². The van der Waals surface area contributed by atoms with Crippen LogP contribution in [0.1, 0.15) is 6.42 Å². The molecule has 0 bridgehead atoms. The Morgan fingerprint density at radius 2 is 2.04 bits per heavy atom. The lowest BCUT2D eigenvalue weighted by Gasteiger charge is -2.33. The number of fused-ring (bicyclic) bond motifs is 1. The van der Waals surface area contributed by atoms with Crippen LogP contribution in [0.4, 0.5) is 0 Å². The topological polar surface area (TPSA) is 70.8 Å². The summed E-state index contributed by atoms with van der Waals surface area (Å²) in [5.74, 6) is 0.0288. The Bertz CT molecular complexity index is 756. The molecule has 1 amide bonds. The molecular weight excluding hydrogens is 320 g/mol. The van der Waals surface area contributed by atoms with E-state index in [1.54, 1.807) is 11.2 Å². The molecule has 1 atom stereocenters. The molecule has 0 radical (unpaired) electrons. The van der Waals surface area contributed by atoms with Crippen LogP contribution in [0.15, 0.2) is 30.6 Å². The molecule has 7 nitrogen and oxygen atoms in total. The van der Waals surface area contributed by atoms with Gasteiger partial charge in [0.25, 0.3) is 0 Å². The second-order valence-corrected chi connectivity index (χ2v) is 7.04. The summed E-state index contributed by atoms with van der Waals surface area (Å²) >= 11 is 0. The summed E-state index contributed by atoms with van der Waals surface area (Å²) in [6.07, 6.45) is 2.33. The molecule has 2 aliphatic rings. The number of amides is 1. The summed E-state index contributed by atoms with van der Waals surface area (Å²) in [4.78, 5) is 21.0. The van der Waals surface area contributed by atoms with Crippen molar-refractivity contribution in [1.29, 1.82) is 0 Å². The fourth-order valence-electron chi connectivity index (χ4n) is 3.76. The van der Waals surface area contributed by atoms with E-state index >= 15 is 0 Å². The van der Waals surface area contributed by atoms with Gasteiger partial charge < -0.3 is 19.3 Å². The van der Waals surface area contributed by atoms with E-state index in [2.05, 4.69) is 9.88 Å². The smallest absolute Gasteiger partial charge is 0.242 e. The van der Waals surface area contributed by atoms with Crippen LogP contribution >= 0.6 is 0 Å². The number of hydrogen-bond donors (Lipinski definition) is 1. The summed E-state index contributed by atoms with van der Waals surface area (Å²) < 4.78 is 7.23. The van der Waals surface area contributed by atoms with E-state index in [0.29, 0.717) is 39.3 Å². The Hall–Kier alpha value is -1.96. The fourth-order valence-corrected chi connectivity index (χ4v) is 3.76. The highest BCUT2D eigenvalue weighted by molar-refractivity contribution is 5.80. The molecule has 1 N–H and O–H groups in total. The number of likely N-dealkylation sites (tertiary alicyclic amines) is 1. The summed E-state index contributed by atoms with van der Waals surface area (Å²) in [6.45, 7) is 4.98. The minimum Gasteiger partial charge on any atom is -0.387 e. The van der Waals surface area contributed by atoms with Crippen molar-refractivity contribution in [2.75, 3.05) is 45.9 Å². The summed E-state index contributed by atoms with van der Waals surface area (Å²) in [7, 11) is 0. The van der Waals surface area contributed by atoms with Gasteiger partial charge in [-0.1, -0.05) is 12.1 Å². The Kier molecular flexibility index (Phi) is 4.45. The average Bonchev–Trinajstić information content (AvgIpc) is 3.20. The number of aliphatic hydroxyl groups is 1. The van der Waals surface area contributed by atoms with Gasteiger partial charge in [0, 0.05) is 26.2 Å². The van der Waals surface area contributed by atoms with E-state index in [1.165, 1.54) is 0 Å². The van der Waals surface area contributed by atoms with Crippen LogP contribution in [0.5, 0.6) is 0 Å². The number of ether oxygens (including phenoxy) is 1. The zero-order valence-corrected chi connectivity index (χ0v) is 14.3. The van der Waals surface area contributed by atoms with Crippen molar-refractivity contribution in [3.63, 3.8) is 0 Å². The number of nitrogens with zero attached hydrogens (tertiary/aromatic N) is 4. The SMILES string of the molecule is O=C(Cn1cnc2ccccc21)N1CCC(O)(CN2CCOCC2)C1. The van der Waals surface area contributed by atoms with Crippen molar-refractivity contribution in [3.8, 4) is 0 Å². The molecule has 1 unspecified atom stereocenters. The Labute approximate surface area is 146 Å². The molecule has 0 saturated carbocycles. The van der Waals surface area contributed by atoms with Gasteiger partial charge in [-0.05, 0) is 18.6 Å². The molecule has 2 fully saturated rings. The van der Waals surface area contributed by atoms with Crippen molar-refractivity contribution in [3.05, 3.63) is 30.6 Å². The van der Waals surface area contributed by atoms with Crippen LogP contribution < -0.4 is 0 Å². The molecule has 25 heavy (non-hydrogen) atoms. The quantitative estimate of drug-likeness (QED) is 0.866. The number of β-amino-alcohol motifs (C(OH)–C–C–N with tert-alkyl or cyclic N) is 1. The largest absolute Gasteiger partial charge is 0.387 e. The van der Waals surface area contributed by atoms with Gasteiger partial charge >= 0.3 is 0 Å². The maximum Gasteiger partial charge on any atom is 0.242 e. The monoisotopic (exact) mass is 344 g/mol. The maximum atomic E-state index is 12.7. The van der Waals surface area contributed by atoms with Gasteiger partial charge in [-0.25, -0.2) is 4.98 Å². The highest BCUT2D eigenvalue weighted by atomic mass is 16.5. The van der Waals surface area contributed by atoms with Crippen molar-refractivity contribution in [2.45, 2.75) is 18.6 Å². The van der Waals surface area contributed by atoms with Gasteiger partial charge in [0.15, 0.2) is 0 Å². The second-order valence-electron chi connectivity index (χ2n) is 7.04. The van der Waals surface area contributed by atoms with Gasteiger partial charge in [0.2, 0.25) is 5.91 Å². The number of para-hydroxylation sites is 2. The molecule has 0 aliphatic carbocycles. The van der Waals surface area contributed by atoms with E-state index in [0.717, 1.165) is 24.1 Å². The third kappa shape index (κ3) is 3.53. The van der Waals surface area contributed by atoms with Crippen LogP contribution in [0, 0.1) is 0 Å². The van der Waals surface area contributed by atoms with Crippen molar-refractivity contribution in [2.24, 2.45) is 0 Å². The molecular formula is C18H24N4O3. The minimum atomic E-state index is -0.815. The summed E-state index contributed by atoms with van der Waals surface area (Å²) in [5.41, 5.74) is 1.03. The van der Waals surface area contributed by atoms with Gasteiger partial charge in [-0.3, -0.25) is 9.69 Å². The predicted molar refractivity (Wildman–Crippen MR) is 93.1 cm³/mol. The zero-order chi connectivity index (χ0) is 17.3. The number of rotatable bonds is 4. The summed E-state index contributed by atoms with van der Waals surface area (Å²) in [5, 5.41) is 10.9. The first-order chi connectivity index (χ1) is 12.1. The lowest BCUT2D eigenvalue weighted by atomic mass is 10.0. The third-order valence-corrected chi connectivity index (χ3v) is 5.14. The fraction of sp³-hybridized carbons (Fsp3) is 0.556. The molecule has 2 aliphatic heterocycles. The van der Waals surface area contributed by atoms with E-state index in [-0.39, 0.29) is 12.5 Å². The number of carbonyl (C=O) groups excluding carboxylic acids is 1. The lowest BCUT2D eigenvalue weighted by Crippen LogP contribution is -2.49. The molecule has 2 aromatic rings. The normalized spacial score (nSPS) is 24.9. The van der Waals surface area contributed by atoms with Gasteiger partial charge in [0.1, 0.15) is 6.54 Å². The molecule has 4 rings (SSSR count). The van der Waals surface area contributed by atoms with Crippen molar-refractivity contribution < 1.29 is 14.6 Å². The number of aromatic nitrogens is 2. The van der Waals surface area contributed by atoms with E-state index in [1.807, 2.05) is 28.8 Å². The molecule has 7 heteroatoms. The maximum absolute atomic E-state index is 12.7. The van der Waals surface area contributed by atoms with Crippen LogP contribution in [0.25, 0.3) is 11.0 Å². The standard InChI is InChI=1S/C18H24N4O3/c23-17(11-22-14-19-15-3-1-2-4-16(15)22)21-6-5-18(24,13-21)12-20-7-9-25-10-8-20/h1-4,14,24H,5-13H2. The number of benzene rings is 1. The first kappa shape index (κ1) is 16.5. The number of hydrogen-bond acceptors (Lipinski definition) is 5. The highest BCUT2D eigenvalue weighted by Gasteiger charge is 2.39. The van der Waals surface area contributed by atoms with Crippen molar-refractivity contribution >= 4 is 16.9 Å². The second kappa shape index (κ2) is 6.74. The minimum absolute atomic E-state index is 0.0288. The Balaban J connectivity index is 1.38. The van der Waals surface area contributed by atoms with Crippen LogP contribution in [0.2, 0.25) is 0 Å². The molecule has 3 heterocycles. The van der Waals surface area contributed by atoms with Gasteiger partial charge in [0.05, 0.1) is 42.7 Å². The van der Waals surface area contributed by atoms with E-state index < -0.39 is 5.60 Å². The number of morpholine rings is 1. The molecule has 1 aromatic heterocycles. The third-order valence-electron chi connectivity index (χ3n) is 5.14. The average molecular weight is 344 g/mol. The molecule has 134 valence electrons. The van der Waals surface area contributed by atoms with E-state index in [9.17, 15) is 9.90 Å². The Morgan fingerprint density at radius 3 is 2.88 bits per heavy atom. The van der Waals surface area contributed by atoms with Gasteiger partial charge in [-0.15, -0.1) is 0 Å². The lowest BCUT2D eigenvalue weighted by molar-refractivity contribution is -0.132. The summed E-state index contributed by atoms with van der Waals surface area (Å²) in [6, 6.07) is 7.79. The molecule has 2 saturated heterocycles. The van der Waals surface area contributed by atoms with Crippen LogP contribution in [0.3, 0.4) is 0 Å². The van der Waals surface area contributed by atoms with Gasteiger partial charge in [-0.2, -0.15) is 0 Å². The number of carbonyl (C=O) groups is 1. The van der Waals surface area contributed by atoms with E-state index in [4.69, 9.17) is 4.74 Å². The predicted octanol–water partition coefficient (Wildman–Crippen LogP) is 0.332. The zero-order valence-electron chi connectivity index (χ0n) is 14.3. The highest BCUT2D eigenvalue weighted by Crippen LogP contribution is 2.23. The van der Waals surface area contributed by atoms with Crippen LogP contribution in [-0.4, -0.2) is 81.9 Å². The molecule has 1 aromatic carbocycles. The first-order valence-corrected chi connectivity index (χ1v) is 8.83.